The zero-order chi connectivity index (χ0) is 16.3. The van der Waals surface area contributed by atoms with Crippen LogP contribution in [0.5, 0.6) is 0 Å². The van der Waals surface area contributed by atoms with Crippen molar-refractivity contribution in [1.29, 1.82) is 0 Å². The fourth-order valence-corrected chi connectivity index (χ4v) is 2.83. The summed E-state index contributed by atoms with van der Waals surface area (Å²) in [5.74, 6) is 0. The Labute approximate surface area is 128 Å². The van der Waals surface area contributed by atoms with Crippen LogP contribution in [0.3, 0.4) is 0 Å². The van der Waals surface area contributed by atoms with Gasteiger partial charge in [0.1, 0.15) is 0 Å². The molecule has 0 N–H and O–H groups in total. The first kappa shape index (κ1) is 16.1. The molecule has 2 rings (SSSR count). The first-order valence-electron chi connectivity index (χ1n) is 6.50. The Balaban J connectivity index is 2.26. The summed E-state index contributed by atoms with van der Waals surface area (Å²) in [6.07, 6.45) is 0. The van der Waals surface area contributed by atoms with Crippen LogP contribution in [0.25, 0.3) is 0 Å². The highest BCUT2D eigenvalue weighted by molar-refractivity contribution is 7.86. The van der Waals surface area contributed by atoms with Crippen LogP contribution >= 0.6 is 0 Å². The maximum atomic E-state index is 12.1. The lowest BCUT2D eigenvalue weighted by Gasteiger charge is -2.08. The number of hydrogen-bond donors (Lipinski definition) is 0. The highest BCUT2D eigenvalue weighted by Crippen LogP contribution is 2.24. The van der Waals surface area contributed by atoms with Crippen molar-refractivity contribution in [3.05, 3.63) is 69.3 Å². The Bertz CT molecular complexity index is 797. The summed E-state index contributed by atoms with van der Waals surface area (Å²) in [5.41, 5.74) is 1.63. The molecule has 2 aromatic carbocycles. The van der Waals surface area contributed by atoms with Gasteiger partial charge in [0, 0.05) is 6.07 Å². The van der Waals surface area contributed by atoms with Gasteiger partial charge < -0.3 is 0 Å². The smallest absolute Gasteiger partial charge is 0.261 e. The van der Waals surface area contributed by atoms with Crippen LogP contribution in [-0.2, 0) is 20.9 Å². The van der Waals surface area contributed by atoms with E-state index in [0.29, 0.717) is 5.56 Å². The van der Waals surface area contributed by atoms with Crippen LogP contribution < -0.4 is 0 Å². The van der Waals surface area contributed by atoms with Crippen LogP contribution in [0, 0.1) is 24.0 Å². The lowest BCUT2D eigenvalue weighted by Crippen LogP contribution is -2.08. The van der Waals surface area contributed by atoms with Crippen molar-refractivity contribution in [3.8, 4) is 0 Å². The fraction of sp³-hybridized carbons (Fsp3) is 0.200. The first-order valence-corrected chi connectivity index (χ1v) is 7.91. The number of nitro benzene ring substituents is 1. The average molecular weight is 321 g/mol. The lowest BCUT2D eigenvalue weighted by molar-refractivity contribution is -0.385. The molecule has 0 bridgehead atoms. The molecule has 2 aromatic rings. The van der Waals surface area contributed by atoms with Crippen LogP contribution in [0.2, 0.25) is 0 Å². The van der Waals surface area contributed by atoms with Gasteiger partial charge in [-0.3, -0.25) is 14.3 Å². The predicted octanol–water partition coefficient (Wildman–Crippen LogP) is 3.12. The van der Waals surface area contributed by atoms with E-state index in [9.17, 15) is 18.5 Å². The fourth-order valence-electron chi connectivity index (χ4n) is 1.96. The number of rotatable bonds is 5. The number of hydrogen-bond acceptors (Lipinski definition) is 5. The van der Waals surface area contributed by atoms with Crippen molar-refractivity contribution >= 4 is 15.8 Å². The van der Waals surface area contributed by atoms with Gasteiger partial charge in [0.2, 0.25) is 0 Å². The molecule has 0 heterocycles. The van der Waals surface area contributed by atoms with E-state index < -0.39 is 15.0 Å². The summed E-state index contributed by atoms with van der Waals surface area (Å²) in [6, 6.07) is 10.7. The van der Waals surface area contributed by atoms with Crippen LogP contribution in [0.1, 0.15) is 16.7 Å². The normalized spacial score (nSPS) is 11.4. The van der Waals surface area contributed by atoms with E-state index in [4.69, 9.17) is 4.18 Å². The third-order valence-electron chi connectivity index (χ3n) is 3.25. The highest BCUT2D eigenvalue weighted by atomic mass is 32.2. The maximum absolute atomic E-state index is 12.1. The van der Waals surface area contributed by atoms with Gasteiger partial charge in [0.25, 0.3) is 15.8 Å². The average Bonchev–Trinajstić information content (AvgIpc) is 2.46. The van der Waals surface area contributed by atoms with E-state index in [2.05, 4.69) is 0 Å². The minimum Gasteiger partial charge on any atom is -0.261 e. The number of nitrogens with zero attached hydrogens (tertiary/aromatic N) is 1. The molecule has 22 heavy (non-hydrogen) atoms. The van der Waals surface area contributed by atoms with Crippen LogP contribution in [0.4, 0.5) is 5.69 Å². The maximum Gasteiger partial charge on any atom is 0.297 e. The standard InChI is InChI=1S/C15H15NO5S/c1-11-6-8-13(9-7-11)22(19,20)21-10-14-12(2)4-3-5-15(14)16(17)18/h3-9H,10H2,1-2H3. The second-order valence-electron chi connectivity index (χ2n) is 4.86. The Kier molecular flexibility index (Phi) is 4.58. The van der Waals surface area contributed by atoms with Gasteiger partial charge in [0.05, 0.1) is 22.0 Å². The molecule has 0 saturated heterocycles. The summed E-state index contributed by atoms with van der Waals surface area (Å²) < 4.78 is 29.2. The van der Waals surface area contributed by atoms with Gasteiger partial charge in [0.15, 0.2) is 0 Å². The largest absolute Gasteiger partial charge is 0.297 e. The summed E-state index contributed by atoms with van der Waals surface area (Å²) in [4.78, 5) is 10.5. The molecule has 0 unspecified atom stereocenters. The zero-order valence-corrected chi connectivity index (χ0v) is 13.0. The third-order valence-corrected chi connectivity index (χ3v) is 4.53. The Morgan fingerprint density at radius 3 is 2.32 bits per heavy atom. The van der Waals surface area contributed by atoms with E-state index in [0.717, 1.165) is 5.56 Å². The Hall–Kier alpha value is -2.25. The van der Waals surface area contributed by atoms with E-state index in [1.165, 1.54) is 18.2 Å². The number of nitro groups is 1. The molecule has 0 spiro atoms. The summed E-state index contributed by atoms with van der Waals surface area (Å²) in [5, 5.41) is 11.0. The summed E-state index contributed by atoms with van der Waals surface area (Å²) >= 11 is 0. The lowest BCUT2D eigenvalue weighted by atomic mass is 10.1. The zero-order valence-electron chi connectivity index (χ0n) is 12.1. The molecule has 0 fully saturated rings. The topological polar surface area (TPSA) is 86.5 Å². The molecule has 7 heteroatoms. The highest BCUT2D eigenvalue weighted by Gasteiger charge is 2.20. The van der Waals surface area contributed by atoms with Gasteiger partial charge in [-0.2, -0.15) is 8.42 Å². The van der Waals surface area contributed by atoms with Gasteiger partial charge in [-0.1, -0.05) is 29.8 Å². The molecule has 0 saturated carbocycles. The molecule has 0 aliphatic heterocycles. The minimum atomic E-state index is -3.96. The van der Waals surface area contributed by atoms with Gasteiger partial charge in [-0.25, -0.2) is 0 Å². The van der Waals surface area contributed by atoms with Crippen LogP contribution in [-0.4, -0.2) is 13.3 Å². The van der Waals surface area contributed by atoms with Crippen molar-refractivity contribution in [1.82, 2.24) is 0 Å². The summed E-state index contributed by atoms with van der Waals surface area (Å²) in [7, 11) is -3.96. The predicted molar refractivity (Wildman–Crippen MR) is 81.0 cm³/mol. The molecular weight excluding hydrogens is 306 g/mol. The van der Waals surface area contributed by atoms with E-state index in [1.54, 1.807) is 31.2 Å². The molecule has 0 aliphatic carbocycles. The second-order valence-corrected chi connectivity index (χ2v) is 6.47. The van der Waals surface area contributed by atoms with Crippen molar-refractivity contribution in [3.63, 3.8) is 0 Å². The minimum absolute atomic E-state index is 0.0225. The SMILES string of the molecule is Cc1ccc(S(=O)(=O)OCc2c(C)cccc2[N+](=O)[O-])cc1. The molecule has 116 valence electrons. The quantitative estimate of drug-likeness (QED) is 0.480. The Morgan fingerprint density at radius 2 is 1.73 bits per heavy atom. The third kappa shape index (κ3) is 3.49. The Morgan fingerprint density at radius 1 is 1.09 bits per heavy atom. The summed E-state index contributed by atoms with van der Waals surface area (Å²) in [6.45, 7) is 3.14. The van der Waals surface area contributed by atoms with E-state index >= 15 is 0 Å². The number of benzene rings is 2. The molecule has 0 atom stereocenters. The van der Waals surface area contributed by atoms with Gasteiger partial charge >= 0.3 is 0 Å². The van der Waals surface area contributed by atoms with E-state index in [1.807, 2.05) is 6.92 Å². The number of aryl methyl sites for hydroxylation is 2. The van der Waals surface area contributed by atoms with Crippen LogP contribution in [0.15, 0.2) is 47.4 Å². The molecule has 0 radical (unpaired) electrons. The molecule has 6 nitrogen and oxygen atoms in total. The molecular formula is C15H15NO5S. The second kappa shape index (κ2) is 6.25. The van der Waals surface area contributed by atoms with Gasteiger partial charge in [-0.15, -0.1) is 0 Å². The van der Waals surface area contributed by atoms with Crippen molar-refractivity contribution < 1.29 is 17.5 Å². The van der Waals surface area contributed by atoms with Crippen molar-refractivity contribution in [2.24, 2.45) is 0 Å². The molecule has 0 aliphatic rings. The first-order chi connectivity index (χ1) is 10.3. The molecule has 0 aromatic heterocycles. The molecule has 0 amide bonds. The van der Waals surface area contributed by atoms with Gasteiger partial charge in [-0.05, 0) is 31.5 Å². The van der Waals surface area contributed by atoms with Crippen molar-refractivity contribution in [2.75, 3.05) is 0 Å². The monoisotopic (exact) mass is 321 g/mol. The van der Waals surface area contributed by atoms with E-state index in [-0.39, 0.29) is 22.8 Å². The van der Waals surface area contributed by atoms with Crippen molar-refractivity contribution in [2.45, 2.75) is 25.3 Å².